The second kappa shape index (κ2) is 8.30. The Morgan fingerprint density at radius 2 is 1.31 bits per heavy atom. The van der Waals surface area contributed by atoms with Crippen LogP contribution in [0.3, 0.4) is 0 Å². The summed E-state index contributed by atoms with van der Waals surface area (Å²) in [5.41, 5.74) is 8.26. The molecule has 0 atom stereocenters. The topological polar surface area (TPSA) is 73.6 Å². The highest BCUT2D eigenvalue weighted by Crippen LogP contribution is 2.41. The van der Waals surface area contributed by atoms with Gasteiger partial charge in [0, 0.05) is 45.4 Å². The maximum atomic E-state index is 9.98. The number of furan rings is 1. The maximum Gasteiger partial charge on any atom is 0.143 e. The number of hydrogen-bond acceptors (Lipinski definition) is 4. The van der Waals surface area contributed by atoms with Gasteiger partial charge in [0.1, 0.15) is 11.2 Å². The molecule has 2 aromatic heterocycles. The zero-order chi connectivity index (χ0) is 23.8. The van der Waals surface area contributed by atoms with Gasteiger partial charge in [0.15, 0.2) is 0 Å². The van der Waals surface area contributed by atoms with Crippen LogP contribution in [0.2, 0.25) is 0 Å². The monoisotopic (exact) mass is 447 g/mol. The Morgan fingerprint density at radius 3 is 2.00 bits per heavy atom. The van der Waals surface area contributed by atoms with Crippen molar-refractivity contribution in [1.29, 1.82) is 10.5 Å². The summed E-state index contributed by atoms with van der Waals surface area (Å²) in [6.07, 6.45) is 3.53. The van der Waals surface area contributed by atoms with Gasteiger partial charge in [0.25, 0.3) is 0 Å². The molecule has 0 bridgehead atoms. The fourth-order valence-electron chi connectivity index (χ4n) is 4.57. The summed E-state index contributed by atoms with van der Waals surface area (Å²) in [7, 11) is 0. The van der Waals surface area contributed by atoms with Gasteiger partial charge in [-0.05, 0) is 35.4 Å². The number of aromatic nitrogens is 1. The highest BCUT2D eigenvalue weighted by molar-refractivity contribution is 6.13. The Morgan fingerprint density at radius 1 is 0.600 bits per heavy atom. The van der Waals surface area contributed by atoms with E-state index in [0.29, 0.717) is 11.1 Å². The largest absolute Gasteiger partial charge is 0.455 e. The molecule has 0 fully saturated rings. The minimum atomic E-state index is 0.576. The van der Waals surface area contributed by atoms with Crippen LogP contribution in [0.1, 0.15) is 11.1 Å². The molecule has 0 saturated heterocycles. The molecule has 0 spiro atoms. The van der Waals surface area contributed by atoms with Crippen molar-refractivity contribution < 1.29 is 4.42 Å². The lowest BCUT2D eigenvalue weighted by Gasteiger charge is -2.08. The summed E-state index contributed by atoms with van der Waals surface area (Å²) < 4.78 is 6.51. The zero-order valence-corrected chi connectivity index (χ0v) is 18.6. The quantitative estimate of drug-likeness (QED) is 0.278. The van der Waals surface area contributed by atoms with Gasteiger partial charge in [0.2, 0.25) is 0 Å². The predicted molar refractivity (Wildman–Crippen MR) is 137 cm³/mol. The molecule has 6 rings (SSSR count). The van der Waals surface area contributed by atoms with Crippen LogP contribution in [-0.2, 0) is 0 Å². The summed E-state index contributed by atoms with van der Waals surface area (Å²) >= 11 is 0. The summed E-state index contributed by atoms with van der Waals surface area (Å²) in [6.45, 7) is 0. The van der Waals surface area contributed by atoms with Gasteiger partial charge in [-0.15, -0.1) is 0 Å². The SMILES string of the molecule is N#Cc1ccc(-c2cccc3c2oc2c(-c4ccc(-c5cccnc5)cc4C#N)cccc23)cc1. The molecule has 0 amide bonds. The predicted octanol–water partition coefficient (Wildman–Crippen LogP) is 7.73. The molecule has 35 heavy (non-hydrogen) atoms. The summed E-state index contributed by atoms with van der Waals surface area (Å²) in [6, 6.07) is 33.9. The van der Waals surface area contributed by atoms with Crippen molar-refractivity contribution in [2.24, 2.45) is 0 Å². The van der Waals surface area contributed by atoms with E-state index >= 15 is 0 Å². The Labute approximate surface area is 201 Å². The number of nitrogens with zero attached hydrogens (tertiary/aromatic N) is 3. The molecule has 0 unspecified atom stereocenters. The van der Waals surface area contributed by atoms with Crippen LogP contribution in [0.25, 0.3) is 55.3 Å². The smallest absolute Gasteiger partial charge is 0.143 e. The Kier molecular flexibility index (Phi) is 4.84. The van der Waals surface area contributed by atoms with E-state index in [4.69, 9.17) is 9.68 Å². The minimum Gasteiger partial charge on any atom is -0.455 e. The first-order valence-corrected chi connectivity index (χ1v) is 11.2. The van der Waals surface area contributed by atoms with E-state index in [2.05, 4.69) is 23.2 Å². The third kappa shape index (κ3) is 3.42. The zero-order valence-electron chi connectivity index (χ0n) is 18.6. The molecular formula is C31H17N3O. The fraction of sp³-hybridized carbons (Fsp3) is 0. The lowest BCUT2D eigenvalue weighted by atomic mass is 9.94. The first-order valence-electron chi connectivity index (χ1n) is 11.2. The van der Waals surface area contributed by atoms with Gasteiger partial charge in [0.05, 0.1) is 23.3 Å². The van der Waals surface area contributed by atoms with Crippen LogP contribution >= 0.6 is 0 Å². The van der Waals surface area contributed by atoms with Crippen molar-refractivity contribution in [3.63, 3.8) is 0 Å². The first-order chi connectivity index (χ1) is 17.3. The summed E-state index contributed by atoms with van der Waals surface area (Å²) in [4.78, 5) is 4.19. The lowest BCUT2D eigenvalue weighted by molar-refractivity contribution is 0.671. The standard InChI is InChI=1S/C31H17N3O/c32-17-20-9-11-21(12-10-20)26-5-1-7-28-29-8-2-6-27(31(29)35-30(26)28)25-14-13-22(16-24(25)18-33)23-4-3-15-34-19-23/h1-16,19H. The number of hydrogen-bond donors (Lipinski definition) is 0. The van der Waals surface area contributed by atoms with E-state index in [1.54, 1.807) is 12.4 Å². The highest BCUT2D eigenvalue weighted by atomic mass is 16.3. The van der Waals surface area contributed by atoms with Crippen LogP contribution in [0.4, 0.5) is 0 Å². The molecule has 162 valence electrons. The molecule has 4 nitrogen and oxygen atoms in total. The number of fused-ring (bicyclic) bond motifs is 3. The summed E-state index contributed by atoms with van der Waals surface area (Å²) in [5, 5.41) is 21.1. The van der Waals surface area contributed by atoms with Crippen molar-refractivity contribution in [2.45, 2.75) is 0 Å². The third-order valence-electron chi connectivity index (χ3n) is 6.27. The summed E-state index contributed by atoms with van der Waals surface area (Å²) in [5.74, 6) is 0. The average Bonchev–Trinajstić information content (AvgIpc) is 3.32. The molecule has 2 heterocycles. The first kappa shape index (κ1) is 20.4. The second-order valence-electron chi connectivity index (χ2n) is 8.27. The number of rotatable bonds is 3. The van der Waals surface area contributed by atoms with E-state index in [1.807, 2.05) is 84.9 Å². The van der Waals surface area contributed by atoms with Crippen LogP contribution in [0.15, 0.2) is 108 Å². The van der Waals surface area contributed by atoms with Gasteiger partial charge in [-0.1, -0.05) is 66.7 Å². The van der Waals surface area contributed by atoms with E-state index in [9.17, 15) is 5.26 Å². The van der Waals surface area contributed by atoms with Crippen molar-refractivity contribution in [2.75, 3.05) is 0 Å². The van der Waals surface area contributed by atoms with Gasteiger partial charge in [-0.25, -0.2) is 0 Å². The molecule has 0 N–H and O–H groups in total. The van der Waals surface area contributed by atoms with Crippen LogP contribution < -0.4 is 0 Å². The number of nitriles is 2. The Bertz CT molecular complexity index is 1800. The van der Waals surface area contributed by atoms with Crippen molar-refractivity contribution >= 4 is 21.9 Å². The van der Waals surface area contributed by atoms with E-state index in [-0.39, 0.29) is 0 Å². The molecule has 6 aromatic rings. The number of benzene rings is 4. The second-order valence-corrected chi connectivity index (χ2v) is 8.27. The Balaban J connectivity index is 1.55. The molecular weight excluding hydrogens is 430 g/mol. The number of para-hydroxylation sites is 2. The molecule has 0 aliphatic carbocycles. The minimum absolute atomic E-state index is 0.576. The van der Waals surface area contributed by atoms with E-state index in [0.717, 1.165) is 55.3 Å². The normalized spacial score (nSPS) is 10.8. The van der Waals surface area contributed by atoms with E-state index < -0.39 is 0 Å². The van der Waals surface area contributed by atoms with Crippen LogP contribution in [0, 0.1) is 22.7 Å². The van der Waals surface area contributed by atoms with Crippen LogP contribution in [0.5, 0.6) is 0 Å². The Hall–Kier alpha value is -5.19. The molecule has 4 aromatic carbocycles. The molecule has 0 radical (unpaired) electrons. The van der Waals surface area contributed by atoms with Crippen LogP contribution in [-0.4, -0.2) is 4.98 Å². The van der Waals surface area contributed by atoms with Crippen molar-refractivity contribution in [1.82, 2.24) is 4.98 Å². The molecule has 0 aliphatic heterocycles. The average molecular weight is 447 g/mol. The van der Waals surface area contributed by atoms with Gasteiger partial charge in [-0.2, -0.15) is 10.5 Å². The maximum absolute atomic E-state index is 9.98. The van der Waals surface area contributed by atoms with E-state index in [1.165, 1.54) is 0 Å². The molecule has 0 saturated carbocycles. The van der Waals surface area contributed by atoms with Gasteiger partial charge in [-0.3, -0.25) is 4.98 Å². The molecule has 0 aliphatic rings. The van der Waals surface area contributed by atoms with Crippen molar-refractivity contribution in [3.05, 3.63) is 115 Å². The highest BCUT2D eigenvalue weighted by Gasteiger charge is 2.17. The fourth-order valence-corrected chi connectivity index (χ4v) is 4.57. The number of pyridine rings is 1. The van der Waals surface area contributed by atoms with Gasteiger partial charge < -0.3 is 4.42 Å². The molecule has 4 heteroatoms. The van der Waals surface area contributed by atoms with Crippen molar-refractivity contribution in [3.8, 4) is 45.5 Å². The van der Waals surface area contributed by atoms with Gasteiger partial charge >= 0.3 is 0 Å². The third-order valence-corrected chi connectivity index (χ3v) is 6.27. The lowest BCUT2D eigenvalue weighted by Crippen LogP contribution is -1.88.